The van der Waals surface area contributed by atoms with E-state index in [-0.39, 0.29) is 29.9 Å². The van der Waals surface area contributed by atoms with Crippen LogP contribution in [0.15, 0.2) is 29.3 Å². The van der Waals surface area contributed by atoms with Crippen LogP contribution in [0.4, 0.5) is 5.69 Å². The largest absolute Gasteiger partial charge is 0.378 e. The van der Waals surface area contributed by atoms with E-state index in [0.717, 1.165) is 38.0 Å². The quantitative estimate of drug-likeness (QED) is 0.389. The van der Waals surface area contributed by atoms with E-state index in [1.54, 1.807) is 0 Å². The Morgan fingerprint density at radius 1 is 1.16 bits per heavy atom. The number of nitrogens with zero attached hydrogens (tertiary/aromatic N) is 3. The zero-order valence-corrected chi connectivity index (χ0v) is 17.7. The Kier molecular flexibility index (Phi) is 9.62. The fourth-order valence-electron chi connectivity index (χ4n) is 2.65. The van der Waals surface area contributed by atoms with Crippen molar-refractivity contribution in [3.8, 4) is 0 Å². The Labute approximate surface area is 168 Å². The van der Waals surface area contributed by atoms with Gasteiger partial charge in [0.15, 0.2) is 5.96 Å². The molecule has 2 N–H and O–H groups in total. The molecule has 0 aromatic heterocycles. The predicted octanol–water partition coefficient (Wildman–Crippen LogP) is 2.05. The van der Waals surface area contributed by atoms with Crippen LogP contribution in [0.5, 0.6) is 0 Å². The van der Waals surface area contributed by atoms with Gasteiger partial charge in [0.1, 0.15) is 0 Å². The summed E-state index contributed by atoms with van der Waals surface area (Å²) in [6.07, 6.45) is 2.23. The third kappa shape index (κ3) is 7.09. The van der Waals surface area contributed by atoms with Crippen molar-refractivity contribution < 1.29 is 4.79 Å². The second kappa shape index (κ2) is 11.2. The second-order valence-corrected chi connectivity index (χ2v) is 6.20. The Morgan fingerprint density at radius 3 is 2.36 bits per heavy atom. The monoisotopic (exact) mass is 459 g/mol. The fraction of sp³-hybridized carbons (Fsp3) is 0.556. The van der Waals surface area contributed by atoms with Crippen LogP contribution in [0.3, 0.4) is 0 Å². The van der Waals surface area contributed by atoms with Crippen molar-refractivity contribution in [1.29, 1.82) is 0 Å². The number of halogens is 1. The molecule has 1 heterocycles. The standard InChI is InChI=1S/C18H29N5O.HI/c1-4-19-18(21-14-17(24)23-11-5-6-12-23)20-13-15-7-9-16(10-8-15)22(2)3;/h7-10H,4-6,11-14H2,1-3H3,(H2,19,20,21);1H. The Bertz CT molecular complexity index is 553. The zero-order chi connectivity index (χ0) is 17.4. The first-order valence-electron chi connectivity index (χ1n) is 8.66. The lowest BCUT2D eigenvalue weighted by Crippen LogP contribution is -2.44. The summed E-state index contributed by atoms with van der Waals surface area (Å²) in [5, 5.41) is 6.32. The van der Waals surface area contributed by atoms with Gasteiger partial charge in [0.05, 0.1) is 13.1 Å². The van der Waals surface area contributed by atoms with Crippen LogP contribution in [0.2, 0.25) is 0 Å². The summed E-state index contributed by atoms with van der Waals surface area (Å²) in [5.74, 6) is 0.829. The molecule has 6 nitrogen and oxygen atoms in total. The number of benzene rings is 1. The number of hydrogen-bond donors (Lipinski definition) is 2. The van der Waals surface area contributed by atoms with Crippen LogP contribution < -0.4 is 15.5 Å². The highest BCUT2D eigenvalue weighted by Crippen LogP contribution is 2.12. The molecule has 0 saturated carbocycles. The number of aliphatic imine (C=N–C) groups is 1. The summed E-state index contributed by atoms with van der Waals surface area (Å²) in [6.45, 7) is 5.43. The van der Waals surface area contributed by atoms with Crippen molar-refractivity contribution in [3.63, 3.8) is 0 Å². The van der Waals surface area contributed by atoms with Crippen molar-refractivity contribution in [2.45, 2.75) is 26.3 Å². The lowest BCUT2D eigenvalue weighted by molar-refractivity contribution is -0.128. The average Bonchev–Trinajstić information content (AvgIpc) is 3.12. The minimum Gasteiger partial charge on any atom is -0.378 e. The summed E-state index contributed by atoms with van der Waals surface area (Å²) >= 11 is 0. The van der Waals surface area contributed by atoms with Crippen LogP contribution in [0.25, 0.3) is 0 Å². The minimum absolute atomic E-state index is 0. The number of likely N-dealkylation sites (tertiary alicyclic amines) is 1. The molecule has 140 valence electrons. The summed E-state index contributed by atoms with van der Waals surface area (Å²) in [5.41, 5.74) is 2.31. The average molecular weight is 459 g/mol. The van der Waals surface area contributed by atoms with E-state index in [1.807, 2.05) is 25.9 Å². The maximum absolute atomic E-state index is 12.1. The number of amides is 1. The summed E-state index contributed by atoms with van der Waals surface area (Å²) in [4.78, 5) is 20.7. The van der Waals surface area contributed by atoms with E-state index >= 15 is 0 Å². The maximum atomic E-state index is 12.1. The van der Waals surface area contributed by atoms with Crippen molar-refractivity contribution in [2.24, 2.45) is 4.99 Å². The van der Waals surface area contributed by atoms with Crippen molar-refractivity contribution in [1.82, 2.24) is 15.5 Å². The molecular weight excluding hydrogens is 429 g/mol. The molecular formula is C18H30IN5O. The lowest BCUT2D eigenvalue weighted by atomic mass is 10.2. The van der Waals surface area contributed by atoms with E-state index < -0.39 is 0 Å². The highest BCUT2D eigenvalue weighted by atomic mass is 127. The molecule has 2 rings (SSSR count). The molecule has 0 atom stereocenters. The molecule has 0 radical (unpaired) electrons. The second-order valence-electron chi connectivity index (χ2n) is 6.20. The molecule has 0 aliphatic carbocycles. The first-order chi connectivity index (χ1) is 11.6. The molecule has 1 aromatic carbocycles. The van der Waals surface area contributed by atoms with Gasteiger partial charge in [-0.1, -0.05) is 12.1 Å². The summed E-state index contributed by atoms with van der Waals surface area (Å²) in [7, 11) is 4.05. The summed E-state index contributed by atoms with van der Waals surface area (Å²) < 4.78 is 0. The molecule has 25 heavy (non-hydrogen) atoms. The van der Waals surface area contributed by atoms with Crippen LogP contribution >= 0.6 is 24.0 Å². The maximum Gasteiger partial charge on any atom is 0.241 e. The van der Waals surface area contributed by atoms with Gasteiger partial charge in [-0.2, -0.15) is 0 Å². The zero-order valence-electron chi connectivity index (χ0n) is 15.4. The van der Waals surface area contributed by atoms with Gasteiger partial charge in [0.2, 0.25) is 5.91 Å². The van der Waals surface area contributed by atoms with Crippen LogP contribution in [0.1, 0.15) is 25.3 Å². The van der Waals surface area contributed by atoms with Gasteiger partial charge in [-0.3, -0.25) is 4.79 Å². The number of guanidine groups is 1. The number of nitrogens with one attached hydrogen (secondary N) is 2. The Hall–Kier alpha value is -1.51. The Balaban J connectivity index is 0.00000312. The minimum atomic E-state index is 0. The molecule has 7 heteroatoms. The highest BCUT2D eigenvalue weighted by Gasteiger charge is 2.17. The van der Waals surface area contributed by atoms with E-state index in [0.29, 0.717) is 19.0 Å². The van der Waals surface area contributed by atoms with E-state index in [9.17, 15) is 4.79 Å². The van der Waals surface area contributed by atoms with Gasteiger partial charge in [-0.05, 0) is 37.5 Å². The molecule has 1 fully saturated rings. The molecule has 1 aromatic rings. The van der Waals surface area contributed by atoms with E-state index in [4.69, 9.17) is 0 Å². The number of rotatable bonds is 6. The fourth-order valence-corrected chi connectivity index (χ4v) is 2.65. The van der Waals surface area contributed by atoms with Gasteiger partial charge in [0, 0.05) is 39.4 Å². The SMILES string of the molecule is CCNC(=NCc1ccc(N(C)C)cc1)NCC(=O)N1CCCC1.I. The highest BCUT2D eigenvalue weighted by molar-refractivity contribution is 14.0. The molecule has 1 aliphatic heterocycles. The molecule has 0 unspecified atom stereocenters. The first kappa shape index (κ1) is 21.5. The normalized spacial score (nSPS) is 14.0. The van der Waals surface area contributed by atoms with Gasteiger partial charge in [-0.15, -0.1) is 24.0 Å². The van der Waals surface area contributed by atoms with E-state index in [2.05, 4.69) is 44.8 Å². The molecule has 1 saturated heterocycles. The van der Waals surface area contributed by atoms with Crippen LogP contribution in [0, 0.1) is 0 Å². The van der Waals surface area contributed by atoms with Gasteiger partial charge >= 0.3 is 0 Å². The first-order valence-corrected chi connectivity index (χ1v) is 8.66. The van der Waals surface area contributed by atoms with Crippen LogP contribution in [-0.4, -0.2) is 57.0 Å². The number of carbonyl (C=O) groups is 1. The predicted molar refractivity (Wildman–Crippen MR) is 115 cm³/mol. The number of hydrogen-bond acceptors (Lipinski definition) is 3. The third-order valence-electron chi connectivity index (χ3n) is 4.08. The van der Waals surface area contributed by atoms with Gasteiger partial charge in [0.25, 0.3) is 0 Å². The number of anilines is 1. The topological polar surface area (TPSA) is 60.0 Å². The van der Waals surface area contributed by atoms with Gasteiger partial charge < -0.3 is 20.4 Å². The summed E-state index contributed by atoms with van der Waals surface area (Å²) in [6, 6.07) is 8.33. The van der Waals surface area contributed by atoms with E-state index in [1.165, 1.54) is 5.69 Å². The van der Waals surface area contributed by atoms with Crippen LogP contribution in [-0.2, 0) is 11.3 Å². The third-order valence-corrected chi connectivity index (χ3v) is 4.08. The van der Waals surface area contributed by atoms with Crippen molar-refractivity contribution in [3.05, 3.63) is 29.8 Å². The number of carbonyl (C=O) groups excluding carboxylic acids is 1. The molecule has 1 amide bonds. The lowest BCUT2D eigenvalue weighted by Gasteiger charge is -2.17. The van der Waals surface area contributed by atoms with Gasteiger partial charge in [-0.25, -0.2) is 4.99 Å². The van der Waals surface area contributed by atoms with Crippen molar-refractivity contribution in [2.75, 3.05) is 45.2 Å². The molecule has 1 aliphatic rings. The molecule has 0 bridgehead atoms. The molecule has 0 spiro atoms. The smallest absolute Gasteiger partial charge is 0.241 e. The Morgan fingerprint density at radius 2 is 1.80 bits per heavy atom. The van der Waals surface area contributed by atoms with Crippen molar-refractivity contribution >= 4 is 41.5 Å².